The third-order valence-electron chi connectivity index (χ3n) is 7.18. The maximum atomic E-state index is 2.57. The number of rotatable bonds is 17. The molecule has 2 aromatic rings. The van der Waals surface area contributed by atoms with Crippen molar-refractivity contribution >= 4 is 11.4 Å². The predicted molar refractivity (Wildman–Crippen MR) is 142 cm³/mol. The van der Waals surface area contributed by atoms with Gasteiger partial charge in [-0.25, -0.2) is 0 Å². The standard InChI is InChI=1S/C31H47N/c1-2-3-4-5-6-7-8-9-10-11-12-13-14-15-16-21-26-32-30-24-19-17-22-28(30)27-29-23-18-20-25-31(29)32/h17-20,22-25H,2-16,21,26-27H2,1H3. The van der Waals surface area contributed by atoms with Gasteiger partial charge in [-0.05, 0) is 29.7 Å². The van der Waals surface area contributed by atoms with E-state index in [2.05, 4.69) is 60.4 Å². The Morgan fingerprint density at radius 2 is 0.875 bits per heavy atom. The highest BCUT2D eigenvalue weighted by Crippen LogP contribution is 2.38. The molecule has 1 aliphatic rings. The van der Waals surface area contributed by atoms with Crippen LogP contribution in [0.1, 0.15) is 121 Å². The molecule has 1 heteroatoms. The second-order valence-corrected chi connectivity index (χ2v) is 9.89. The number of anilines is 2. The second kappa shape index (κ2) is 15.1. The van der Waals surface area contributed by atoms with Crippen molar-refractivity contribution in [3.8, 4) is 0 Å². The van der Waals surface area contributed by atoms with Gasteiger partial charge in [0, 0.05) is 24.3 Å². The fourth-order valence-corrected chi connectivity index (χ4v) is 5.24. The summed E-state index contributed by atoms with van der Waals surface area (Å²) >= 11 is 0. The van der Waals surface area contributed by atoms with Gasteiger partial charge in [0.15, 0.2) is 0 Å². The summed E-state index contributed by atoms with van der Waals surface area (Å²) < 4.78 is 0. The minimum absolute atomic E-state index is 1.07. The number of para-hydroxylation sites is 2. The van der Waals surface area contributed by atoms with Crippen LogP contribution in [0.15, 0.2) is 48.5 Å². The van der Waals surface area contributed by atoms with Crippen molar-refractivity contribution in [3.05, 3.63) is 59.7 Å². The molecule has 0 radical (unpaired) electrons. The molecule has 176 valence electrons. The van der Waals surface area contributed by atoms with Crippen molar-refractivity contribution in [2.24, 2.45) is 0 Å². The van der Waals surface area contributed by atoms with Gasteiger partial charge in [-0.15, -0.1) is 0 Å². The van der Waals surface area contributed by atoms with Crippen molar-refractivity contribution in [1.29, 1.82) is 0 Å². The Labute approximate surface area is 198 Å². The molecular formula is C31H47N. The maximum absolute atomic E-state index is 2.57. The van der Waals surface area contributed by atoms with Crippen LogP contribution in [0.5, 0.6) is 0 Å². The molecule has 0 atom stereocenters. The monoisotopic (exact) mass is 433 g/mol. The van der Waals surface area contributed by atoms with Crippen LogP contribution in [0.3, 0.4) is 0 Å². The first-order valence-electron chi connectivity index (χ1n) is 13.8. The van der Waals surface area contributed by atoms with Crippen LogP contribution in [0.25, 0.3) is 0 Å². The average molecular weight is 434 g/mol. The molecule has 0 amide bonds. The number of hydrogen-bond donors (Lipinski definition) is 0. The molecule has 1 aliphatic heterocycles. The van der Waals surface area contributed by atoms with E-state index in [9.17, 15) is 0 Å². The zero-order valence-corrected chi connectivity index (χ0v) is 20.8. The molecule has 0 spiro atoms. The fourth-order valence-electron chi connectivity index (χ4n) is 5.24. The van der Waals surface area contributed by atoms with E-state index in [1.54, 1.807) is 0 Å². The maximum Gasteiger partial charge on any atom is 0.0446 e. The minimum atomic E-state index is 1.07. The highest BCUT2D eigenvalue weighted by molar-refractivity contribution is 5.74. The molecule has 0 fully saturated rings. The summed E-state index contributed by atoms with van der Waals surface area (Å²) in [5.74, 6) is 0. The molecule has 1 heterocycles. The molecule has 2 aromatic carbocycles. The Hall–Kier alpha value is -1.76. The number of benzene rings is 2. The van der Waals surface area contributed by atoms with Gasteiger partial charge in [0.05, 0.1) is 0 Å². The van der Waals surface area contributed by atoms with Crippen molar-refractivity contribution < 1.29 is 0 Å². The molecule has 1 nitrogen and oxygen atoms in total. The normalized spacial score (nSPS) is 12.6. The Bertz CT molecular complexity index is 704. The highest BCUT2D eigenvalue weighted by atomic mass is 15.1. The van der Waals surface area contributed by atoms with Gasteiger partial charge in [0.2, 0.25) is 0 Å². The third kappa shape index (κ3) is 8.30. The van der Waals surface area contributed by atoms with Crippen molar-refractivity contribution in [2.45, 2.75) is 116 Å². The quantitative estimate of drug-likeness (QED) is 0.224. The molecule has 0 bridgehead atoms. The van der Waals surface area contributed by atoms with E-state index < -0.39 is 0 Å². The van der Waals surface area contributed by atoms with E-state index >= 15 is 0 Å². The summed E-state index contributed by atoms with van der Waals surface area (Å²) in [4.78, 5) is 2.57. The van der Waals surface area contributed by atoms with Gasteiger partial charge < -0.3 is 4.90 Å². The lowest BCUT2D eigenvalue weighted by Gasteiger charge is -2.33. The Morgan fingerprint density at radius 1 is 0.500 bits per heavy atom. The zero-order valence-electron chi connectivity index (χ0n) is 20.8. The number of hydrogen-bond acceptors (Lipinski definition) is 1. The topological polar surface area (TPSA) is 3.24 Å². The van der Waals surface area contributed by atoms with Crippen molar-refractivity contribution in [1.82, 2.24) is 0 Å². The van der Waals surface area contributed by atoms with Gasteiger partial charge in [0.1, 0.15) is 0 Å². The van der Waals surface area contributed by atoms with Crippen molar-refractivity contribution in [2.75, 3.05) is 11.4 Å². The lowest BCUT2D eigenvalue weighted by atomic mass is 9.95. The smallest absolute Gasteiger partial charge is 0.0446 e. The van der Waals surface area contributed by atoms with Crippen molar-refractivity contribution in [3.63, 3.8) is 0 Å². The molecule has 0 aliphatic carbocycles. The third-order valence-corrected chi connectivity index (χ3v) is 7.18. The minimum Gasteiger partial charge on any atom is -0.341 e. The summed E-state index contributed by atoms with van der Waals surface area (Å²) in [5, 5.41) is 0. The Balaban J connectivity index is 1.21. The van der Waals surface area contributed by atoms with Crippen LogP contribution in [0, 0.1) is 0 Å². The molecule has 0 unspecified atom stereocenters. The van der Waals surface area contributed by atoms with E-state index in [1.807, 2.05) is 0 Å². The van der Waals surface area contributed by atoms with Gasteiger partial charge in [-0.2, -0.15) is 0 Å². The highest BCUT2D eigenvalue weighted by Gasteiger charge is 2.21. The van der Waals surface area contributed by atoms with Crippen LogP contribution in [0.4, 0.5) is 11.4 Å². The summed E-state index contributed by atoms with van der Waals surface area (Å²) in [5.41, 5.74) is 5.80. The molecule has 3 rings (SSSR count). The Morgan fingerprint density at radius 3 is 1.31 bits per heavy atom. The number of nitrogens with zero attached hydrogens (tertiary/aromatic N) is 1. The van der Waals surface area contributed by atoms with Gasteiger partial charge in [-0.3, -0.25) is 0 Å². The summed E-state index contributed by atoms with van der Waals surface area (Å²) in [7, 11) is 0. The average Bonchev–Trinajstić information content (AvgIpc) is 2.83. The molecule has 0 saturated carbocycles. The number of unbranched alkanes of at least 4 members (excludes halogenated alkanes) is 15. The lowest BCUT2D eigenvalue weighted by Crippen LogP contribution is -2.24. The van der Waals surface area contributed by atoms with Crippen LogP contribution in [-0.4, -0.2) is 6.54 Å². The molecule has 0 aromatic heterocycles. The van der Waals surface area contributed by atoms with E-state index in [-0.39, 0.29) is 0 Å². The summed E-state index contributed by atoms with van der Waals surface area (Å²) in [6.07, 6.45) is 23.9. The van der Waals surface area contributed by atoms with Crippen LogP contribution in [-0.2, 0) is 6.42 Å². The van der Waals surface area contributed by atoms with E-state index in [1.165, 1.54) is 125 Å². The Kier molecular flexibility index (Phi) is 11.8. The van der Waals surface area contributed by atoms with E-state index in [0.29, 0.717) is 0 Å². The zero-order chi connectivity index (χ0) is 22.3. The van der Waals surface area contributed by atoms with Gasteiger partial charge >= 0.3 is 0 Å². The molecule has 32 heavy (non-hydrogen) atoms. The van der Waals surface area contributed by atoms with Gasteiger partial charge in [0.25, 0.3) is 0 Å². The summed E-state index contributed by atoms with van der Waals surface area (Å²) in [6.45, 7) is 3.44. The van der Waals surface area contributed by atoms with Crippen LogP contribution < -0.4 is 4.90 Å². The molecular weight excluding hydrogens is 386 g/mol. The van der Waals surface area contributed by atoms with Gasteiger partial charge in [-0.1, -0.05) is 140 Å². The molecule has 0 saturated heterocycles. The fraction of sp³-hybridized carbons (Fsp3) is 0.613. The number of fused-ring (bicyclic) bond motifs is 2. The lowest BCUT2D eigenvalue weighted by molar-refractivity contribution is 0.530. The first-order chi connectivity index (χ1) is 15.9. The predicted octanol–water partition coefficient (Wildman–Crippen LogP) is 9.99. The van der Waals surface area contributed by atoms with Crippen LogP contribution >= 0.6 is 0 Å². The SMILES string of the molecule is CCCCCCCCCCCCCCCCCCN1c2ccccc2Cc2ccccc21. The van der Waals surface area contributed by atoms with E-state index in [4.69, 9.17) is 0 Å². The van der Waals surface area contributed by atoms with Crippen LogP contribution in [0.2, 0.25) is 0 Å². The largest absolute Gasteiger partial charge is 0.341 e. The summed E-state index contributed by atoms with van der Waals surface area (Å²) in [6, 6.07) is 17.9. The first-order valence-corrected chi connectivity index (χ1v) is 13.8. The van der Waals surface area contributed by atoms with E-state index in [0.717, 1.165) is 13.0 Å². The second-order valence-electron chi connectivity index (χ2n) is 9.89. The first kappa shape index (κ1) is 24.9. The molecule has 0 N–H and O–H groups in total.